The van der Waals surface area contributed by atoms with Gasteiger partial charge in [-0.3, -0.25) is 0 Å². The molecule has 2 aromatic rings. The first kappa shape index (κ1) is 14.7. The van der Waals surface area contributed by atoms with Crippen molar-refractivity contribution in [2.45, 2.75) is 19.9 Å². The minimum atomic E-state index is 0.171. The zero-order valence-electron chi connectivity index (χ0n) is 11.5. The number of nitrogens with zero attached hydrogens (tertiary/aromatic N) is 2. The predicted octanol–water partition coefficient (Wildman–Crippen LogP) is 3.05. The van der Waals surface area contributed by atoms with Crippen LogP contribution in [0.1, 0.15) is 12.7 Å². The molecule has 0 aliphatic heterocycles. The zero-order chi connectivity index (χ0) is 14.5. The fourth-order valence-corrected chi connectivity index (χ4v) is 1.96. The van der Waals surface area contributed by atoms with Crippen molar-refractivity contribution in [3.05, 3.63) is 40.6 Å². The number of nitrogens with one attached hydrogen (secondary N) is 2. The quantitative estimate of drug-likeness (QED) is 0.782. The summed E-state index contributed by atoms with van der Waals surface area (Å²) in [6.45, 7) is 4.43. The molecule has 0 saturated carbocycles. The Morgan fingerprint density at radius 1 is 1.20 bits per heavy atom. The highest BCUT2D eigenvalue weighted by Crippen LogP contribution is 2.19. The minimum absolute atomic E-state index is 0.171. The number of halogens is 1. The normalized spacial score (nSPS) is 12.0. The average molecular weight is 336 g/mol. The van der Waals surface area contributed by atoms with Crippen molar-refractivity contribution in [1.82, 2.24) is 9.97 Å². The number of aryl methyl sites for hydroxylation is 1. The predicted molar refractivity (Wildman–Crippen MR) is 86.3 cm³/mol. The average Bonchev–Trinajstić information content (AvgIpc) is 2.40. The van der Waals surface area contributed by atoms with Gasteiger partial charge < -0.3 is 16.4 Å². The van der Waals surface area contributed by atoms with Crippen molar-refractivity contribution < 1.29 is 0 Å². The Balaban J connectivity index is 2.17. The van der Waals surface area contributed by atoms with Gasteiger partial charge in [-0.25, -0.2) is 9.97 Å². The summed E-state index contributed by atoms with van der Waals surface area (Å²) in [5.41, 5.74) is 6.58. The lowest BCUT2D eigenvalue weighted by Gasteiger charge is -2.14. The molecule has 0 amide bonds. The number of anilines is 3. The molecule has 1 aromatic heterocycles. The molecule has 1 heterocycles. The van der Waals surface area contributed by atoms with Crippen molar-refractivity contribution >= 4 is 33.3 Å². The highest BCUT2D eigenvalue weighted by molar-refractivity contribution is 9.10. The number of hydrogen-bond acceptors (Lipinski definition) is 5. The maximum Gasteiger partial charge on any atom is 0.136 e. The second-order valence-electron chi connectivity index (χ2n) is 4.60. The molecule has 4 N–H and O–H groups in total. The van der Waals surface area contributed by atoms with E-state index in [0.717, 1.165) is 21.8 Å². The molecular formula is C14H18BrN5. The highest BCUT2D eigenvalue weighted by Gasteiger charge is 2.05. The molecule has 0 saturated heterocycles. The number of rotatable bonds is 5. The number of hydrogen-bond donors (Lipinski definition) is 3. The van der Waals surface area contributed by atoms with Crippen molar-refractivity contribution in [2.24, 2.45) is 5.73 Å². The van der Waals surface area contributed by atoms with Crippen LogP contribution in [0.4, 0.5) is 17.3 Å². The Labute approximate surface area is 127 Å². The van der Waals surface area contributed by atoms with Crippen molar-refractivity contribution in [1.29, 1.82) is 0 Å². The van der Waals surface area contributed by atoms with E-state index in [9.17, 15) is 0 Å². The van der Waals surface area contributed by atoms with Crippen LogP contribution in [-0.4, -0.2) is 22.6 Å². The van der Waals surface area contributed by atoms with Gasteiger partial charge in [0.25, 0.3) is 0 Å². The van der Waals surface area contributed by atoms with E-state index in [-0.39, 0.29) is 6.04 Å². The van der Waals surface area contributed by atoms with E-state index >= 15 is 0 Å². The summed E-state index contributed by atoms with van der Waals surface area (Å²) < 4.78 is 1.04. The van der Waals surface area contributed by atoms with Crippen molar-refractivity contribution in [3.63, 3.8) is 0 Å². The second-order valence-corrected chi connectivity index (χ2v) is 5.51. The number of benzene rings is 1. The molecule has 0 aliphatic rings. The summed E-state index contributed by atoms with van der Waals surface area (Å²) in [7, 11) is 0. The van der Waals surface area contributed by atoms with E-state index in [0.29, 0.717) is 12.4 Å². The van der Waals surface area contributed by atoms with Gasteiger partial charge in [-0.2, -0.15) is 0 Å². The first-order valence-electron chi connectivity index (χ1n) is 6.41. The third kappa shape index (κ3) is 4.18. The fourth-order valence-electron chi connectivity index (χ4n) is 1.70. The maximum absolute atomic E-state index is 5.61. The Morgan fingerprint density at radius 2 is 1.85 bits per heavy atom. The molecule has 0 spiro atoms. The molecule has 2 rings (SSSR count). The SMILES string of the molecule is Cc1nc(Nc2ccc(Br)cc2)cc(NC(C)CN)n1. The van der Waals surface area contributed by atoms with Crippen LogP contribution in [0.2, 0.25) is 0 Å². The first-order chi connectivity index (χ1) is 9.56. The Bertz CT molecular complexity index is 570. The van der Waals surface area contributed by atoms with Crippen LogP contribution in [0, 0.1) is 6.92 Å². The standard InChI is InChI=1S/C14H18BrN5/c1-9(8-16)17-13-7-14(19-10(2)18-13)20-12-5-3-11(15)4-6-12/h3-7,9H,8,16H2,1-2H3,(H2,17,18,19,20). The minimum Gasteiger partial charge on any atom is -0.366 e. The Morgan fingerprint density at radius 3 is 2.50 bits per heavy atom. The Kier molecular flexibility index (Phi) is 4.92. The van der Waals surface area contributed by atoms with Gasteiger partial charge in [0, 0.05) is 28.8 Å². The van der Waals surface area contributed by atoms with Crippen molar-refractivity contribution in [2.75, 3.05) is 17.2 Å². The smallest absolute Gasteiger partial charge is 0.136 e. The number of aromatic nitrogens is 2. The van der Waals surface area contributed by atoms with Crippen LogP contribution in [0.5, 0.6) is 0 Å². The molecule has 0 bridgehead atoms. The van der Waals surface area contributed by atoms with E-state index in [4.69, 9.17) is 5.73 Å². The molecule has 0 aliphatic carbocycles. The van der Waals surface area contributed by atoms with Gasteiger partial charge in [0.1, 0.15) is 17.5 Å². The summed E-state index contributed by atoms with van der Waals surface area (Å²) in [5, 5.41) is 6.50. The maximum atomic E-state index is 5.61. The molecular weight excluding hydrogens is 318 g/mol. The zero-order valence-corrected chi connectivity index (χ0v) is 13.1. The molecule has 1 atom stereocenters. The second kappa shape index (κ2) is 6.67. The van der Waals surface area contributed by atoms with E-state index in [2.05, 4.69) is 36.5 Å². The summed E-state index contributed by atoms with van der Waals surface area (Å²) >= 11 is 3.41. The van der Waals surface area contributed by atoms with E-state index < -0.39 is 0 Å². The molecule has 0 fully saturated rings. The van der Waals surface area contributed by atoms with Crippen LogP contribution in [0.25, 0.3) is 0 Å². The third-order valence-electron chi connectivity index (χ3n) is 2.70. The molecule has 5 nitrogen and oxygen atoms in total. The van der Waals surface area contributed by atoms with Crippen LogP contribution in [0.15, 0.2) is 34.8 Å². The summed E-state index contributed by atoms with van der Waals surface area (Å²) in [6, 6.07) is 9.97. The van der Waals surface area contributed by atoms with Gasteiger partial charge in [0.15, 0.2) is 0 Å². The summed E-state index contributed by atoms with van der Waals surface area (Å²) in [5.74, 6) is 2.24. The summed E-state index contributed by atoms with van der Waals surface area (Å²) in [4.78, 5) is 8.73. The highest BCUT2D eigenvalue weighted by atomic mass is 79.9. The lowest BCUT2D eigenvalue weighted by atomic mass is 10.3. The van der Waals surface area contributed by atoms with Crippen LogP contribution in [-0.2, 0) is 0 Å². The van der Waals surface area contributed by atoms with Gasteiger partial charge in [-0.05, 0) is 38.1 Å². The molecule has 20 heavy (non-hydrogen) atoms. The lowest BCUT2D eigenvalue weighted by Crippen LogP contribution is -2.25. The third-order valence-corrected chi connectivity index (χ3v) is 3.23. The van der Waals surface area contributed by atoms with E-state index in [1.165, 1.54) is 0 Å². The topological polar surface area (TPSA) is 75.9 Å². The Hall–Kier alpha value is -1.66. The van der Waals surface area contributed by atoms with Gasteiger partial charge in [-0.15, -0.1) is 0 Å². The summed E-state index contributed by atoms with van der Waals surface area (Å²) in [6.07, 6.45) is 0. The van der Waals surface area contributed by atoms with Crippen LogP contribution < -0.4 is 16.4 Å². The largest absolute Gasteiger partial charge is 0.366 e. The first-order valence-corrected chi connectivity index (χ1v) is 7.21. The van der Waals surface area contributed by atoms with Gasteiger partial charge in [0.05, 0.1) is 0 Å². The van der Waals surface area contributed by atoms with Crippen LogP contribution >= 0.6 is 15.9 Å². The van der Waals surface area contributed by atoms with Crippen LogP contribution in [0.3, 0.4) is 0 Å². The fraction of sp³-hybridized carbons (Fsp3) is 0.286. The van der Waals surface area contributed by atoms with Gasteiger partial charge in [-0.1, -0.05) is 15.9 Å². The number of nitrogens with two attached hydrogens (primary N) is 1. The van der Waals surface area contributed by atoms with Crippen molar-refractivity contribution in [3.8, 4) is 0 Å². The van der Waals surface area contributed by atoms with E-state index in [1.807, 2.05) is 44.2 Å². The van der Waals surface area contributed by atoms with Gasteiger partial charge in [0.2, 0.25) is 0 Å². The lowest BCUT2D eigenvalue weighted by molar-refractivity contribution is 0.795. The van der Waals surface area contributed by atoms with Gasteiger partial charge >= 0.3 is 0 Å². The molecule has 1 aromatic carbocycles. The molecule has 106 valence electrons. The molecule has 0 radical (unpaired) electrons. The molecule has 1 unspecified atom stereocenters. The monoisotopic (exact) mass is 335 g/mol. The van der Waals surface area contributed by atoms with E-state index in [1.54, 1.807) is 0 Å². The molecule has 6 heteroatoms.